The van der Waals surface area contributed by atoms with Crippen molar-refractivity contribution in [2.45, 2.75) is 26.2 Å². The Morgan fingerprint density at radius 1 is 1.06 bits per heavy atom. The molecule has 0 aliphatic carbocycles. The Bertz CT molecular complexity index is 1050. The number of rotatable bonds is 7. The molecule has 1 aliphatic heterocycles. The number of amides is 2. The summed E-state index contributed by atoms with van der Waals surface area (Å²) in [6.45, 7) is 3.81. The predicted molar refractivity (Wildman–Crippen MR) is 131 cm³/mol. The summed E-state index contributed by atoms with van der Waals surface area (Å²) in [7, 11) is 0. The molecule has 4 rings (SSSR count). The lowest BCUT2D eigenvalue weighted by Gasteiger charge is -2.33. The normalized spacial score (nSPS) is 14.2. The van der Waals surface area contributed by atoms with E-state index in [2.05, 4.69) is 12.1 Å². The second kappa shape index (κ2) is 11.1. The molecular weight excluding hydrogens is 434 g/mol. The minimum atomic E-state index is -0.295. The largest absolute Gasteiger partial charge is 0.450 e. The zero-order chi connectivity index (χ0) is 23.0. The highest BCUT2D eigenvalue weighted by Crippen LogP contribution is 2.30. The number of piperidine rings is 1. The number of aromatic nitrogens is 1. The molecule has 7 heteroatoms. The maximum atomic E-state index is 13.6. The number of hydrogen-bond acceptors (Lipinski definition) is 5. The first-order chi connectivity index (χ1) is 16.2. The molecule has 0 atom stereocenters. The third-order valence-electron chi connectivity index (χ3n) is 5.90. The monoisotopic (exact) mass is 463 g/mol. The van der Waals surface area contributed by atoms with Crippen LogP contribution in [0, 0.1) is 5.92 Å². The van der Waals surface area contributed by atoms with Gasteiger partial charge in [-0.2, -0.15) is 0 Å². The summed E-state index contributed by atoms with van der Waals surface area (Å²) in [6.07, 6.45) is 1.73. The molecule has 6 nitrogen and oxygen atoms in total. The van der Waals surface area contributed by atoms with Crippen molar-refractivity contribution >= 4 is 28.5 Å². The Morgan fingerprint density at radius 2 is 1.73 bits per heavy atom. The van der Waals surface area contributed by atoms with E-state index in [4.69, 9.17) is 9.72 Å². The highest BCUT2D eigenvalue weighted by Gasteiger charge is 2.32. The van der Waals surface area contributed by atoms with Crippen LogP contribution in [0.4, 0.5) is 9.93 Å². The third kappa shape index (κ3) is 5.79. The molecule has 1 saturated heterocycles. The molecule has 1 aliphatic rings. The maximum absolute atomic E-state index is 13.6. The molecule has 2 aromatic carbocycles. The second-order valence-electron chi connectivity index (χ2n) is 8.07. The number of thiazole rings is 1. The zero-order valence-electron chi connectivity index (χ0n) is 18.9. The van der Waals surface area contributed by atoms with Crippen molar-refractivity contribution < 1.29 is 14.3 Å². The summed E-state index contributed by atoms with van der Waals surface area (Å²) >= 11 is 1.50. The van der Waals surface area contributed by atoms with E-state index in [0.717, 1.165) is 22.8 Å². The van der Waals surface area contributed by atoms with Crippen LogP contribution in [0.2, 0.25) is 0 Å². The van der Waals surface area contributed by atoms with Gasteiger partial charge in [-0.25, -0.2) is 9.78 Å². The third-order valence-corrected chi connectivity index (χ3v) is 6.76. The predicted octanol–water partition coefficient (Wildman–Crippen LogP) is 5.25. The van der Waals surface area contributed by atoms with Crippen molar-refractivity contribution in [1.29, 1.82) is 0 Å². The van der Waals surface area contributed by atoms with E-state index in [9.17, 15) is 9.59 Å². The molecule has 0 saturated carbocycles. The topological polar surface area (TPSA) is 62.7 Å². The number of carbonyl (C=O) groups is 2. The number of carbonyl (C=O) groups excluding carboxylic acids is 2. The second-order valence-corrected chi connectivity index (χ2v) is 8.90. The van der Waals surface area contributed by atoms with E-state index in [1.54, 1.807) is 11.8 Å². The number of hydrogen-bond donors (Lipinski definition) is 0. The molecule has 0 N–H and O–H groups in total. The van der Waals surface area contributed by atoms with Crippen molar-refractivity contribution in [1.82, 2.24) is 9.88 Å². The van der Waals surface area contributed by atoms with Gasteiger partial charge in [0.25, 0.3) is 0 Å². The van der Waals surface area contributed by atoms with E-state index < -0.39 is 0 Å². The smallest absolute Gasteiger partial charge is 0.409 e. The van der Waals surface area contributed by atoms with Gasteiger partial charge in [-0.1, -0.05) is 60.7 Å². The Balaban J connectivity index is 1.50. The highest BCUT2D eigenvalue weighted by molar-refractivity contribution is 7.14. The van der Waals surface area contributed by atoms with Crippen molar-refractivity contribution in [3.8, 4) is 11.3 Å². The summed E-state index contributed by atoms with van der Waals surface area (Å²) in [6, 6.07) is 20.2. The van der Waals surface area contributed by atoms with Gasteiger partial charge in [0.15, 0.2) is 5.13 Å². The molecule has 0 radical (unpaired) electrons. The van der Waals surface area contributed by atoms with Crippen LogP contribution in [-0.4, -0.2) is 48.1 Å². The molecule has 1 fully saturated rings. The Kier molecular flexibility index (Phi) is 7.73. The number of likely N-dealkylation sites (tertiary alicyclic amines) is 1. The van der Waals surface area contributed by atoms with Crippen LogP contribution in [0.5, 0.6) is 0 Å². The molecule has 0 bridgehead atoms. The number of ether oxygens (including phenoxy) is 1. The van der Waals surface area contributed by atoms with Gasteiger partial charge in [0.05, 0.1) is 12.3 Å². The van der Waals surface area contributed by atoms with Gasteiger partial charge in [0, 0.05) is 36.5 Å². The summed E-state index contributed by atoms with van der Waals surface area (Å²) in [5, 5.41) is 2.74. The van der Waals surface area contributed by atoms with Gasteiger partial charge >= 0.3 is 6.09 Å². The standard InChI is InChI=1S/C26H29N3O3S/c1-2-32-26(31)28-16-14-22(15-17-28)24(30)29(18-13-20-9-5-3-6-10-20)25-27-23(19-33-25)21-11-7-4-8-12-21/h3-12,19,22H,2,13-18H2,1H3. The van der Waals surface area contributed by atoms with Crippen LogP contribution in [0.25, 0.3) is 11.3 Å². The Morgan fingerprint density at radius 3 is 2.39 bits per heavy atom. The molecule has 33 heavy (non-hydrogen) atoms. The van der Waals surface area contributed by atoms with Crippen molar-refractivity contribution in [2.75, 3.05) is 31.1 Å². The molecule has 2 heterocycles. The van der Waals surface area contributed by atoms with Gasteiger partial charge in [-0.15, -0.1) is 11.3 Å². The quantitative estimate of drug-likeness (QED) is 0.480. The van der Waals surface area contributed by atoms with E-state index in [-0.39, 0.29) is 17.9 Å². The van der Waals surface area contributed by atoms with Gasteiger partial charge < -0.3 is 9.64 Å². The molecule has 2 amide bonds. The van der Waals surface area contributed by atoms with E-state index >= 15 is 0 Å². The lowest BCUT2D eigenvalue weighted by atomic mass is 9.95. The van der Waals surface area contributed by atoms with Crippen molar-refractivity contribution in [3.63, 3.8) is 0 Å². The molecule has 0 spiro atoms. The van der Waals surface area contributed by atoms with Crippen LogP contribution in [0.1, 0.15) is 25.3 Å². The fraction of sp³-hybridized carbons (Fsp3) is 0.346. The molecular formula is C26H29N3O3S. The average molecular weight is 464 g/mol. The van der Waals surface area contributed by atoms with Gasteiger partial charge in [0.1, 0.15) is 0 Å². The average Bonchev–Trinajstić information content (AvgIpc) is 3.35. The van der Waals surface area contributed by atoms with Crippen LogP contribution in [-0.2, 0) is 16.0 Å². The summed E-state index contributed by atoms with van der Waals surface area (Å²) in [5.74, 6) is -0.0427. The summed E-state index contributed by atoms with van der Waals surface area (Å²) in [5.41, 5.74) is 3.11. The molecule has 172 valence electrons. The molecule has 3 aromatic rings. The van der Waals surface area contributed by atoms with Crippen LogP contribution in [0.15, 0.2) is 66.0 Å². The fourth-order valence-corrected chi connectivity index (χ4v) is 4.92. The molecule has 0 unspecified atom stereocenters. The van der Waals surface area contributed by atoms with Crippen LogP contribution >= 0.6 is 11.3 Å². The first-order valence-corrected chi connectivity index (χ1v) is 12.3. The summed E-state index contributed by atoms with van der Waals surface area (Å²) in [4.78, 5) is 34.0. The number of anilines is 1. The van der Waals surface area contributed by atoms with Gasteiger partial charge in [-0.05, 0) is 31.7 Å². The zero-order valence-corrected chi connectivity index (χ0v) is 19.7. The maximum Gasteiger partial charge on any atom is 0.409 e. The highest BCUT2D eigenvalue weighted by atomic mass is 32.1. The minimum Gasteiger partial charge on any atom is -0.450 e. The molecule has 1 aromatic heterocycles. The van der Waals surface area contributed by atoms with Crippen molar-refractivity contribution in [2.24, 2.45) is 5.92 Å². The Hall–Kier alpha value is -3.19. The number of nitrogens with zero attached hydrogens (tertiary/aromatic N) is 3. The summed E-state index contributed by atoms with van der Waals surface area (Å²) < 4.78 is 5.11. The van der Waals surface area contributed by atoms with Gasteiger partial charge in [-0.3, -0.25) is 9.69 Å². The van der Waals surface area contributed by atoms with Gasteiger partial charge in [0.2, 0.25) is 5.91 Å². The SMILES string of the molecule is CCOC(=O)N1CCC(C(=O)N(CCc2ccccc2)c2nc(-c3ccccc3)cs2)CC1. The lowest BCUT2D eigenvalue weighted by Crippen LogP contribution is -2.45. The number of benzene rings is 2. The van der Waals surface area contributed by atoms with E-state index in [0.29, 0.717) is 39.1 Å². The first kappa shape index (κ1) is 23.0. The Labute approximate surface area is 198 Å². The lowest BCUT2D eigenvalue weighted by molar-refractivity contribution is -0.123. The first-order valence-electron chi connectivity index (χ1n) is 11.4. The fourth-order valence-electron chi connectivity index (χ4n) is 4.06. The minimum absolute atomic E-state index is 0.0865. The van der Waals surface area contributed by atoms with Crippen LogP contribution in [0.3, 0.4) is 0 Å². The van der Waals surface area contributed by atoms with Crippen molar-refractivity contribution in [3.05, 3.63) is 71.6 Å². The van der Waals surface area contributed by atoms with E-state index in [1.165, 1.54) is 16.9 Å². The van der Waals surface area contributed by atoms with Crippen LogP contribution < -0.4 is 4.90 Å². The van der Waals surface area contributed by atoms with E-state index in [1.807, 2.05) is 58.8 Å².